The van der Waals surface area contributed by atoms with Gasteiger partial charge in [-0.1, -0.05) is 36.4 Å². The van der Waals surface area contributed by atoms with E-state index in [-0.39, 0.29) is 18.6 Å². The third-order valence-electron chi connectivity index (χ3n) is 3.66. The van der Waals surface area contributed by atoms with E-state index in [0.29, 0.717) is 25.3 Å². The Morgan fingerprint density at radius 1 is 1.17 bits per heavy atom. The molecule has 0 saturated carbocycles. The van der Waals surface area contributed by atoms with E-state index in [0.717, 1.165) is 11.3 Å². The number of benzene rings is 2. The van der Waals surface area contributed by atoms with E-state index >= 15 is 0 Å². The first-order valence-corrected chi connectivity index (χ1v) is 8.16. The van der Waals surface area contributed by atoms with Crippen molar-refractivity contribution < 1.29 is 14.6 Å². The molecule has 2 amide bonds. The van der Waals surface area contributed by atoms with E-state index < -0.39 is 0 Å². The second kappa shape index (κ2) is 9.57. The Morgan fingerprint density at radius 3 is 2.67 bits per heavy atom. The molecular formula is C19H24N2O3. The Balaban J connectivity index is 1.90. The number of hydrogen-bond donors (Lipinski definition) is 3. The Bertz CT molecular complexity index is 632. The molecule has 3 N–H and O–H groups in total. The SMILES string of the molecule is CCOc1cccc(NC(=O)NCC(CCO)c2ccccc2)c1. The second-order valence-electron chi connectivity index (χ2n) is 5.42. The molecule has 0 aliphatic rings. The summed E-state index contributed by atoms with van der Waals surface area (Å²) in [7, 11) is 0. The maximum Gasteiger partial charge on any atom is 0.319 e. The number of nitrogens with one attached hydrogen (secondary N) is 2. The largest absolute Gasteiger partial charge is 0.494 e. The number of urea groups is 1. The van der Waals surface area contributed by atoms with Crippen molar-refractivity contribution in [3.8, 4) is 5.75 Å². The van der Waals surface area contributed by atoms with Crippen LogP contribution >= 0.6 is 0 Å². The molecule has 0 bridgehead atoms. The first-order valence-electron chi connectivity index (χ1n) is 8.16. The molecular weight excluding hydrogens is 304 g/mol. The number of aliphatic hydroxyl groups is 1. The number of carbonyl (C=O) groups is 1. The molecule has 0 radical (unpaired) electrons. The average Bonchev–Trinajstić information content (AvgIpc) is 2.60. The van der Waals surface area contributed by atoms with Gasteiger partial charge in [-0.3, -0.25) is 0 Å². The van der Waals surface area contributed by atoms with Crippen molar-refractivity contribution in [2.75, 3.05) is 25.1 Å². The number of hydrogen-bond acceptors (Lipinski definition) is 3. The highest BCUT2D eigenvalue weighted by atomic mass is 16.5. The quantitative estimate of drug-likeness (QED) is 0.696. The molecule has 0 fully saturated rings. The van der Waals surface area contributed by atoms with E-state index in [9.17, 15) is 9.90 Å². The summed E-state index contributed by atoms with van der Waals surface area (Å²) in [5.41, 5.74) is 1.78. The molecule has 128 valence electrons. The van der Waals surface area contributed by atoms with Crippen molar-refractivity contribution in [2.45, 2.75) is 19.3 Å². The zero-order chi connectivity index (χ0) is 17.2. The third-order valence-corrected chi connectivity index (χ3v) is 3.66. The molecule has 0 saturated heterocycles. The van der Waals surface area contributed by atoms with Crippen LogP contribution in [0.3, 0.4) is 0 Å². The Kier molecular flexibility index (Phi) is 7.11. The van der Waals surface area contributed by atoms with Gasteiger partial charge < -0.3 is 20.5 Å². The van der Waals surface area contributed by atoms with Gasteiger partial charge in [-0.05, 0) is 31.0 Å². The summed E-state index contributed by atoms with van der Waals surface area (Å²) >= 11 is 0. The van der Waals surface area contributed by atoms with Gasteiger partial charge in [0.15, 0.2) is 0 Å². The first-order chi connectivity index (χ1) is 11.7. The van der Waals surface area contributed by atoms with E-state index in [1.807, 2.05) is 55.5 Å². The minimum absolute atomic E-state index is 0.0803. The predicted octanol–water partition coefficient (Wildman–Crippen LogP) is 3.37. The summed E-state index contributed by atoms with van der Waals surface area (Å²) in [4.78, 5) is 12.1. The topological polar surface area (TPSA) is 70.6 Å². The van der Waals surface area contributed by atoms with Gasteiger partial charge >= 0.3 is 6.03 Å². The van der Waals surface area contributed by atoms with Gasteiger partial charge in [0.05, 0.1) is 6.61 Å². The molecule has 1 atom stereocenters. The van der Waals surface area contributed by atoms with Gasteiger partial charge in [0, 0.05) is 30.8 Å². The second-order valence-corrected chi connectivity index (χ2v) is 5.42. The summed E-state index contributed by atoms with van der Waals surface area (Å²) in [5.74, 6) is 0.800. The number of carbonyl (C=O) groups excluding carboxylic acids is 1. The van der Waals surface area contributed by atoms with Gasteiger partial charge in [-0.25, -0.2) is 4.79 Å². The maximum absolute atomic E-state index is 12.1. The van der Waals surface area contributed by atoms with E-state index in [1.165, 1.54) is 0 Å². The highest BCUT2D eigenvalue weighted by Gasteiger charge is 2.12. The zero-order valence-electron chi connectivity index (χ0n) is 13.9. The van der Waals surface area contributed by atoms with Gasteiger partial charge in [0.2, 0.25) is 0 Å². The van der Waals surface area contributed by atoms with E-state index in [1.54, 1.807) is 6.07 Å². The lowest BCUT2D eigenvalue weighted by Crippen LogP contribution is -2.32. The third kappa shape index (κ3) is 5.59. The molecule has 5 nitrogen and oxygen atoms in total. The molecule has 2 aromatic carbocycles. The predicted molar refractivity (Wildman–Crippen MR) is 95.5 cm³/mol. The summed E-state index contributed by atoms with van der Waals surface area (Å²) in [6.07, 6.45) is 0.601. The summed E-state index contributed by atoms with van der Waals surface area (Å²) in [5, 5.41) is 14.9. The zero-order valence-corrected chi connectivity index (χ0v) is 13.9. The highest BCUT2D eigenvalue weighted by molar-refractivity contribution is 5.89. The Morgan fingerprint density at radius 2 is 1.96 bits per heavy atom. The van der Waals surface area contributed by atoms with E-state index in [4.69, 9.17) is 4.74 Å². The molecule has 5 heteroatoms. The molecule has 0 aliphatic carbocycles. The fourth-order valence-electron chi connectivity index (χ4n) is 2.49. The van der Waals surface area contributed by atoms with Crippen LogP contribution in [0.1, 0.15) is 24.8 Å². The minimum atomic E-state index is -0.275. The fraction of sp³-hybridized carbons (Fsp3) is 0.316. The van der Waals surface area contributed by atoms with Gasteiger partial charge in [-0.2, -0.15) is 0 Å². The molecule has 2 rings (SSSR count). The van der Waals surface area contributed by atoms with Crippen LogP contribution in [0.15, 0.2) is 54.6 Å². The average molecular weight is 328 g/mol. The van der Waals surface area contributed by atoms with Crippen molar-refractivity contribution >= 4 is 11.7 Å². The number of rotatable bonds is 8. The minimum Gasteiger partial charge on any atom is -0.494 e. The molecule has 0 aliphatic heterocycles. The molecule has 0 aromatic heterocycles. The van der Waals surface area contributed by atoms with Crippen LogP contribution in [0.4, 0.5) is 10.5 Å². The van der Waals surface area contributed by atoms with Gasteiger partial charge in [0.1, 0.15) is 5.75 Å². The van der Waals surface area contributed by atoms with Crippen LogP contribution in [0.2, 0.25) is 0 Å². The monoisotopic (exact) mass is 328 g/mol. The van der Waals surface area contributed by atoms with Crippen LogP contribution in [0.25, 0.3) is 0 Å². The number of ether oxygens (including phenoxy) is 1. The molecule has 24 heavy (non-hydrogen) atoms. The standard InChI is InChI=1S/C19H24N2O3/c1-2-24-18-10-6-9-17(13-18)21-19(23)20-14-16(11-12-22)15-7-4-3-5-8-15/h3-10,13,16,22H,2,11-12,14H2,1H3,(H2,20,21,23). The molecule has 2 aromatic rings. The summed E-state index contributed by atoms with van der Waals surface area (Å²) < 4.78 is 5.42. The molecule has 0 spiro atoms. The Labute approximate surface area is 142 Å². The number of amides is 2. The van der Waals surface area contributed by atoms with Crippen molar-refractivity contribution in [3.05, 3.63) is 60.2 Å². The lowest BCUT2D eigenvalue weighted by Gasteiger charge is -2.17. The first kappa shape index (κ1) is 17.8. The lowest BCUT2D eigenvalue weighted by atomic mass is 9.96. The summed E-state index contributed by atoms with van der Waals surface area (Å²) in [6.45, 7) is 3.04. The van der Waals surface area contributed by atoms with Crippen LogP contribution in [-0.4, -0.2) is 30.9 Å². The smallest absolute Gasteiger partial charge is 0.319 e. The molecule has 1 unspecified atom stereocenters. The van der Waals surface area contributed by atoms with Crippen molar-refractivity contribution in [1.29, 1.82) is 0 Å². The van der Waals surface area contributed by atoms with E-state index in [2.05, 4.69) is 10.6 Å². The number of anilines is 1. The van der Waals surface area contributed by atoms with Gasteiger partial charge in [0.25, 0.3) is 0 Å². The fourth-order valence-corrected chi connectivity index (χ4v) is 2.49. The molecule has 0 heterocycles. The van der Waals surface area contributed by atoms with Crippen molar-refractivity contribution in [1.82, 2.24) is 5.32 Å². The van der Waals surface area contributed by atoms with Crippen LogP contribution in [0, 0.1) is 0 Å². The van der Waals surface area contributed by atoms with Crippen LogP contribution in [-0.2, 0) is 0 Å². The lowest BCUT2D eigenvalue weighted by molar-refractivity contribution is 0.248. The van der Waals surface area contributed by atoms with Crippen molar-refractivity contribution in [2.24, 2.45) is 0 Å². The Hall–Kier alpha value is -2.53. The maximum atomic E-state index is 12.1. The number of aliphatic hydroxyl groups excluding tert-OH is 1. The van der Waals surface area contributed by atoms with Gasteiger partial charge in [-0.15, -0.1) is 0 Å². The highest BCUT2D eigenvalue weighted by Crippen LogP contribution is 2.19. The summed E-state index contributed by atoms with van der Waals surface area (Å²) in [6, 6.07) is 16.9. The van der Waals surface area contributed by atoms with Crippen LogP contribution in [0.5, 0.6) is 5.75 Å². The van der Waals surface area contributed by atoms with Crippen LogP contribution < -0.4 is 15.4 Å². The normalized spacial score (nSPS) is 11.6. The van der Waals surface area contributed by atoms with Crippen molar-refractivity contribution in [3.63, 3.8) is 0 Å².